The molecule has 0 atom stereocenters. The molecular weight excluding hydrogens is 168 g/mol. The van der Waals surface area contributed by atoms with Gasteiger partial charge in [-0.1, -0.05) is 50.1 Å². The largest absolute Gasteiger partial charge is 0.0772 e. The normalized spacial score (nSPS) is 17.4. The van der Waals surface area contributed by atoms with Gasteiger partial charge in [0.2, 0.25) is 0 Å². The molecule has 1 aliphatic carbocycles. The Bertz CT molecular complexity index is 274. The Hall–Kier alpha value is -0.780. The van der Waals surface area contributed by atoms with E-state index in [0.29, 0.717) is 0 Å². The van der Waals surface area contributed by atoms with Crippen LogP contribution in [0.5, 0.6) is 0 Å². The Kier molecular flexibility index (Phi) is 4.19. The highest BCUT2D eigenvalue weighted by Crippen LogP contribution is 2.23. The number of rotatable bonds is 3. The van der Waals surface area contributed by atoms with E-state index in [1.807, 2.05) is 0 Å². The van der Waals surface area contributed by atoms with Gasteiger partial charge in [0, 0.05) is 0 Å². The van der Waals surface area contributed by atoms with Crippen LogP contribution in [0.2, 0.25) is 0 Å². The van der Waals surface area contributed by atoms with Crippen molar-refractivity contribution in [3.63, 3.8) is 0 Å². The molecule has 0 N–H and O–H groups in total. The fourth-order valence-corrected chi connectivity index (χ4v) is 1.91. The predicted octanol–water partition coefficient (Wildman–Crippen LogP) is 4.65. The first-order valence-corrected chi connectivity index (χ1v) is 5.69. The third kappa shape index (κ3) is 3.17. The maximum atomic E-state index is 2.37. The van der Waals surface area contributed by atoms with Crippen molar-refractivity contribution < 1.29 is 0 Å². The number of allylic oxidation sites excluding steroid dienone is 6. The van der Waals surface area contributed by atoms with Gasteiger partial charge in [0.25, 0.3) is 0 Å². The van der Waals surface area contributed by atoms with Gasteiger partial charge in [-0.2, -0.15) is 0 Å². The van der Waals surface area contributed by atoms with E-state index in [4.69, 9.17) is 0 Å². The zero-order valence-electron chi connectivity index (χ0n) is 9.93. The lowest BCUT2D eigenvalue weighted by Gasteiger charge is -2.06. The highest BCUT2D eigenvalue weighted by atomic mass is 14.1. The van der Waals surface area contributed by atoms with Crippen molar-refractivity contribution in [3.8, 4) is 0 Å². The first-order valence-electron chi connectivity index (χ1n) is 5.69. The third-order valence-electron chi connectivity index (χ3n) is 2.75. The molecule has 0 amide bonds. The number of hydrogen-bond donors (Lipinski definition) is 0. The number of hydrogen-bond acceptors (Lipinski definition) is 0. The molecule has 0 fully saturated rings. The maximum Gasteiger partial charge on any atom is -0.0130 e. The quantitative estimate of drug-likeness (QED) is 0.608. The van der Waals surface area contributed by atoms with E-state index in [0.717, 1.165) is 18.8 Å². The molecule has 0 unspecified atom stereocenters. The molecule has 14 heavy (non-hydrogen) atoms. The molecule has 0 saturated heterocycles. The van der Waals surface area contributed by atoms with E-state index in [9.17, 15) is 0 Å². The summed E-state index contributed by atoms with van der Waals surface area (Å²) in [7, 11) is 0. The SMILES string of the molecule is CCC1=CC=C(CC(C)C)CC=C1C. The van der Waals surface area contributed by atoms with Crippen LogP contribution in [-0.2, 0) is 0 Å². The fraction of sp³-hybridized carbons (Fsp3) is 0.571. The van der Waals surface area contributed by atoms with Crippen LogP contribution in [0.15, 0.2) is 34.9 Å². The molecule has 1 aliphatic rings. The first-order chi connectivity index (χ1) is 6.63. The Morgan fingerprint density at radius 2 is 2.00 bits per heavy atom. The van der Waals surface area contributed by atoms with Gasteiger partial charge in [0.15, 0.2) is 0 Å². The molecule has 0 spiro atoms. The second-order valence-electron chi connectivity index (χ2n) is 4.56. The van der Waals surface area contributed by atoms with E-state index in [1.165, 1.54) is 17.6 Å². The van der Waals surface area contributed by atoms with Crippen LogP contribution in [0, 0.1) is 5.92 Å². The van der Waals surface area contributed by atoms with Crippen molar-refractivity contribution in [2.45, 2.75) is 47.0 Å². The van der Waals surface area contributed by atoms with Crippen molar-refractivity contribution in [3.05, 3.63) is 34.9 Å². The summed E-state index contributed by atoms with van der Waals surface area (Å²) in [6.45, 7) is 9.02. The summed E-state index contributed by atoms with van der Waals surface area (Å²) in [5.74, 6) is 0.770. The van der Waals surface area contributed by atoms with Gasteiger partial charge in [0.05, 0.1) is 0 Å². The van der Waals surface area contributed by atoms with Gasteiger partial charge < -0.3 is 0 Å². The summed E-state index contributed by atoms with van der Waals surface area (Å²) in [6.07, 6.45) is 10.5. The molecule has 0 radical (unpaired) electrons. The van der Waals surface area contributed by atoms with Crippen LogP contribution in [0.3, 0.4) is 0 Å². The van der Waals surface area contributed by atoms with E-state index in [2.05, 4.69) is 45.9 Å². The topological polar surface area (TPSA) is 0 Å². The smallest absolute Gasteiger partial charge is 0.0130 e. The molecule has 0 saturated carbocycles. The summed E-state index contributed by atoms with van der Waals surface area (Å²) in [4.78, 5) is 0. The second-order valence-corrected chi connectivity index (χ2v) is 4.56. The van der Waals surface area contributed by atoms with Crippen molar-refractivity contribution in [1.29, 1.82) is 0 Å². The summed E-state index contributed by atoms with van der Waals surface area (Å²) in [5, 5.41) is 0. The van der Waals surface area contributed by atoms with Crippen molar-refractivity contribution >= 4 is 0 Å². The van der Waals surface area contributed by atoms with Gasteiger partial charge >= 0.3 is 0 Å². The maximum absolute atomic E-state index is 2.37. The molecule has 1 rings (SSSR count). The zero-order valence-corrected chi connectivity index (χ0v) is 9.93. The molecular formula is C14H22. The lowest BCUT2D eigenvalue weighted by Crippen LogP contribution is -1.90. The van der Waals surface area contributed by atoms with Gasteiger partial charge in [-0.25, -0.2) is 0 Å². The van der Waals surface area contributed by atoms with E-state index in [1.54, 1.807) is 5.57 Å². The van der Waals surface area contributed by atoms with Gasteiger partial charge in [-0.3, -0.25) is 0 Å². The lowest BCUT2D eigenvalue weighted by molar-refractivity contribution is 0.635. The van der Waals surface area contributed by atoms with E-state index < -0.39 is 0 Å². The lowest BCUT2D eigenvalue weighted by atomic mass is 10.0. The predicted molar refractivity (Wildman–Crippen MR) is 64.3 cm³/mol. The fourth-order valence-electron chi connectivity index (χ4n) is 1.91. The molecule has 0 bridgehead atoms. The highest BCUT2D eigenvalue weighted by Gasteiger charge is 2.04. The van der Waals surface area contributed by atoms with Crippen molar-refractivity contribution in [2.75, 3.05) is 0 Å². The molecule has 0 aromatic rings. The Morgan fingerprint density at radius 1 is 1.29 bits per heavy atom. The average molecular weight is 190 g/mol. The second kappa shape index (κ2) is 5.19. The monoisotopic (exact) mass is 190 g/mol. The van der Waals surface area contributed by atoms with Crippen molar-refractivity contribution in [2.24, 2.45) is 5.92 Å². The molecule has 0 aromatic heterocycles. The van der Waals surface area contributed by atoms with Crippen molar-refractivity contribution in [1.82, 2.24) is 0 Å². The Labute approximate surface area is 88.4 Å². The molecule has 0 aromatic carbocycles. The summed E-state index contributed by atoms with van der Waals surface area (Å²) < 4.78 is 0. The summed E-state index contributed by atoms with van der Waals surface area (Å²) >= 11 is 0. The van der Waals surface area contributed by atoms with E-state index >= 15 is 0 Å². The molecule has 0 heterocycles. The zero-order chi connectivity index (χ0) is 10.6. The summed E-state index contributed by atoms with van der Waals surface area (Å²) in [5.41, 5.74) is 4.52. The third-order valence-corrected chi connectivity index (χ3v) is 2.75. The molecule has 0 heteroatoms. The van der Waals surface area contributed by atoms with Crippen LogP contribution in [0.1, 0.15) is 47.0 Å². The Morgan fingerprint density at radius 3 is 2.57 bits per heavy atom. The van der Waals surface area contributed by atoms with Crippen LogP contribution >= 0.6 is 0 Å². The minimum atomic E-state index is 0.770. The Balaban J connectivity index is 2.76. The first kappa shape index (κ1) is 11.3. The van der Waals surface area contributed by atoms with Gasteiger partial charge in [-0.05, 0) is 37.7 Å². The van der Waals surface area contributed by atoms with Crippen LogP contribution in [0.25, 0.3) is 0 Å². The highest BCUT2D eigenvalue weighted by molar-refractivity contribution is 5.37. The van der Waals surface area contributed by atoms with Crippen LogP contribution in [0.4, 0.5) is 0 Å². The summed E-state index contributed by atoms with van der Waals surface area (Å²) in [6, 6.07) is 0. The standard InChI is InChI=1S/C14H22/c1-5-14-9-8-13(10-11(2)3)7-6-12(14)4/h6,8-9,11H,5,7,10H2,1-4H3. The van der Waals surface area contributed by atoms with Crippen LogP contribution < -0.4 is 0 Å². The average Bonchev–Trinajstić information content (AvgIpc) is 2.28. The van der Waals surface area contributed by atoms with Gasteiger partial charge in [0.1, 0.15) is 0 Å². The van der Waals surface area contributed by atoms with Gasteiger partial charge in [-0.15, -0.1) is 0 Å². The molecule has 78 valence electrons. The van der Waals surface area contributed by atoms with E-state index in [-0.39, 0.29) is 0 Å². The molecule has 0 nitrogen and oxygen atoms in total. The minimum absolute atomic E-state index is 0.770. The molecule has 0 aliphatic heterocycles. The minimum Gasteiger partial charge on any atom is -0.0772 e. The van der Waals surface area contributed by atoms with Crippen LogP contribution in [-0.4, -0.2) is 0 Å².